The van der Waals surface area contributed by atoms with Gasteiger partial charge in [0, 0.05) is 20.1 Å². The number of hydrogen-bond acceptors (Lipinski definition) is 6. The smallest absolute Gasteiger partial charge is 0.381 e. The van der Waals surface area contributed by atoms with Gasteiger partial charge in [-0.2, -0.15) is 0 Å². The van der Waals surface area contributed by atoms with Crippen LogP contribution in [-0.2, 0) is 28.6 Å². The number of aliphatic carboxylic acids is 1. The van der Waals surface area contributed by atoms with Crippen LogP contribution in [0, 0.1) is 12.3 Å². The van der Waals surface area contributed by atoms with E-state index in [-0.39, 0.29) is 13.2 Å². The third kappa shape index (κ3) is 14.6. The van der Waals surface area contributed by atoms with Crippen molar-refractivity contribution in [3.8, 4) is 12.3 Å². The molecule has 0 bridgehead atoms. The van der Waals surface area contributed by atoms with E-state index in [2.05, 4.69) is 20.6 Å². The number of hydrogen-bond donors (Lipinski definition) is 1. The van der Waals surface area contributed by atoms with Crippen LogP contribution in [0.2, 0.25) is 0 Å². The number of methoxy groups -OCH3 is 2. The van der Waals surface area contributed by atoms with E-state index < -0.39 is 17.9 Å². The summed E-state index contributed by atoms with van der Waals surface area (Å²) >= 11 is 0. The van der Waals surface area contributed by atoms with Gasteiger partial charge in [0.1, 0.15) is 13.2 Å². The first-order valence-corrected chi connectivity index (χ1v) is 3.88. The summed E-state index contributed by atoms with van der Waals surface area (Å²) in [7, 11) is 2.67. The van der Waals surface area contributed by atoms with Crippen LogP contribution in [0.15, 0.2) is 0 Å². The highest BCUT2D eigenvalue weighted by molar-refractivity contribution is 5.86. The Balaban J connectivity index is 0. The third-order valence-electron chi connectivity index (χ3n) is 0.876. The van der Waals surface area contributed by atoms with Gasteiger partial charge in [-0.1, -0.05) is 0 Å². The molecule has 7 nitrogen and oxygen atoms in total. The second-order valence-corrected chi connectivity index (χ2v) is 2.16. The molecule has 0 saturated carbocycles. The number of carbonyl (C=O) groups excluding carboxylic acids is 2. The lowest BCUT2D eigenvalue weighted by Gasteiger charge is -1.99. The summed E-state index contributed by atoms with van der Waals surface area (Å²) in [6, 6.07) is 0. The molecule has 90 valence electrons. The Hall–Kier alpha value is -1.91. The van der Waals surface area contributed by atoms with E-state index in [1.807, 2.05) is 0 Å². The molecule has 0 aromatic rings. The van der Waals surface area contributed by atoms with Crippen LogP contribution in [0.25, 0.3) is 0 Å². The summed E-state index contributed by atoms with van der Waals surface area (Å²) in [5.41, 5.74) is 0. The molecule has 0 aromatic heterocycles. The molecule has 7 heteroatoms. The standard InChI is InChI=1S/C6H10O5.C3H2O2/c1-9-3-5(7)11-6(8)4-10-2;1-2-3(4)5/h3-4H2,1-2H3;1H,(H,4,5). The highest BCUT2D eigenvalue weighted by Crippen LogP contribution is 1.82. The molecule has 0 saturated heterocycles. The van der Waals surface area contributed by atoms with Crippen LogP contribution < -0.4 is 0 Å². The van der Waals surface area contributed by atoms with Gasteiger partial charge in [0.25, 0.3) is 0 Å². The Bertz CT molecular complexity index is 260. The Morgan fingerprint density at radius 1 is 1.12 bits per heavy atom. The van der Waals surface area contributed by atoms with Gasteiger partial charge in [0.05, 0.1) is 0 Å². The second kappa shape index (κ2) is 11.2. The predicted octanol–water partition coefficient (Wildman–Crippen LogP) is -0.947. The largest absolute Gasteiger partial charge is 0.472 e. The normalized spacial score (nSPS) is 8.06. The van der Waals surface area contributed by atoms with Crippen molar-refractivity contribution >= 4 is 17.9 Å². The van der Waals surface area contributed by atoms with Gasteiger partial charge >= 0.3 is 17.9 Å². The maximum Gasteiger partial charge on any atom is 0.381 e. The molecule has 0 fully saturated rings. The average Bonchev–Trinajstić information content (AvgIpc) is 2.19. The van der Waals surface area contributed by atoms with Gasteiger partial charge in [0.2, 0.25) is 0 Å². The van der Waals surface area contributed by atoms with Gasteiger partial charge in [-0.15, -0.1) is 6.42 Å². The third-order valence-corrected chi connectivity index (χ3v) is 0.876. The molecule has 0 aliphatic carbocycles. The van der Waals surface area contributed by atoms with Crippen molar-refractivity contribution in [2.45, 2.75) is 0 Å². The number of terminal acetylenes is 1. The van der Waals surface area contributed by atoms with Crippen molar-refractivity contribution in [2.24, 2.45) is 0 Å². The first-order valence-electron chi connectivity index (χ1n) is 3.88. The number of esters is 2. The quantitative estimate of drug-likeness (QED) is 0.379. The average molecular weight is 232 g/mol. The van der Waals surface area contributed by atoms with Gasteiger partial charge in [-0.25, -0.2) is 14.4 Å². The SMILES string of the molecule is C#CC(=O)O.COCC(=O)OC(=O)COC. The summed E-state index contributed by atoms with van der Waals surface area (Å²) in [6.07, 6.45) is 4.32. The number of carboxylic acids is 1. The van der Waals surface area contributed by atoms with Crippen LogP contribution in [0.4, 0.5) is 0 Å². The topological polar surface area (TPSA) is 99.1 Å². The summed E-state index contributed by atoms with van der Waals surface area (Å²) in [5.74, 6) is -1.20. The molecular formula is C9H12O7. The Kier molecular flexibility index (Phi) is 11.5. The molecule has 0 aromatic carbocycles. The lowest BCUT2D eigenvalue weighted by molar-refractivity contribution is -0.164. The van der Waals surface area contributed by atoms with Crippen LogP contribution in [0.1, 0.15) is 0 Å². The Morgan fingerprint density at radius 2 is 1.44 bits per heavy atom. The number of ether oxygens (including phenoxy) is 3. The summed E-state index contributed by atoms with van der Waals surface area (Å²) in [6.45, 7) is -0.453. The van der Waals surface area contributed by atoms with E-state index in [4.69, 9.17) is 9.90 Å². The van der Waals surface area contributed by atoms with Crippen molar-refractivity contribution < 1.29 is 33.7 Å². The van der Waals surface area contributed by atoms with Crippen LogP contribution in [0.5, 0.6) is 0 Å². The fraction of sp³-hybridized carbons (Fsp3) is 0.444. The molecule has 0 spiro atoms. The van der Waals surface area contributed by atoms with Crippen LogP contribution in [0.3, 0.4) is 0 Å². The molecule has 0 atom stereocenters. The maximum atomic E-state index is 10.5. The molecule has 0 unspecified atom stereocenters. The highest BCUT2D eigenvalue weighted by atomic mass is 16.6. The summed E-state index contributed by atoms with van der Waals surface area (Å²) in [4.78, 5) is 30.1. The molecule has 0 aliphatic heterocycles. The Labute approximate surface area is 92.3 Å². The molecule has 0 amide bonds. The van der Waals surface area contributed by atoms with Crippen molar-refractivity contribution in [1.29, 1.82) is 0 Å². The zero-order chi connectivity index (χ0) is 13.0. The van der Waals surface area contributed by atoms with Gasteiger partial charge < -0.3 is 19.3 Å². The number of carboxylic acid groups (broad SMARTS) is 1. The van der Waals surface area contributed by atoms with E-state index in [0.29, 0.717) is 0 Å². The fourth-order valence-electron chi connectivity index (χ4n) is 0.422. The van der Waals surface area contributed by atoms with Crippen LogP contribution in [-0.4, -0.2) is 50.4 Å². The molecular weight excluding hydrogens is 220 g/mol. The molecule has 1 N–H and O–H groups in total. The minimum Gasteiger partial charge on any atom is -0.472 e. The van der Waals surface area contributed by atoms with E-state index in [1.54, 1.807) is 0 Å². The Morgan fingerprint density at radius 3 is 1.62 bits per heavy atom. The highest BCUT2D eigenvalue weighted by Gasteiger charge is 2.08. The van der Waals surface area contributed by atoms with Crippen LogP contribution >= 0.6 is 0 Å². The zero-order valence-electron chi connectivity index (χ0n) is 8.89. The zero-order valence-corrected chi connectivity index (χ0v) is 8.89. The van der Waals surface area contributed by atoms with E-state index in [0.717, 1.165) is 0 Å². The monoisotopic (exact) mass is 232 g/mol. The molecule has 0 heterocycles. The fourth-order valence-corrected chi connectivity index (χ4v) is 0.422. The maximum absolute atomic E-state index is 10.5. The van der Waals surface area contributed by atoms with Gasteiger partial charge in [-0.3, -0.25) is 0 Å². The number of carbonyl (C=O) groups is 3. The van der Waals surface area contributed by atoms with Gasteiger partial charge in [0.15, 0.2) is 0 Å². The minimum absolute atomic E-state index is 0.227. The minimum atomic E-state index is -1.22. The molecule has 0 radical (unpaired) electrons. The van der Waals surface area contributed by atoms with Crippen molar-refractivity contribution in [1.82, 2.24) is 0 Å². The lowest BCUT2D eigenvalue weighted by atomic mass is 10.7. The second-order valence-electron chi connectivity index (χ2n) is 2.16. The van der Waals surface area contributed by atoms with Crippen molar-refractivity contribution in [2.75, 3.05) is 27.4 Å². The van der Waals surface area contributed by atoms with Gasteiger partial charge in [-0.05, 0) is 0 Å². The van der Waals surface area contributed by atoms with Crippen molar-refractivity contribution in [3.63, 3.8) is 0 Å². The summed E-state index contributed by atoms with van der Waals surface area (Å²) in [5, 5.41) is 7.49. The predicted molar refractivity (Wildman–Crippen MR) is 51.3 cm³/mol. The molecule has 0 aliphatic rings. The first kappa shape index (κ1) is 16.5. The van der Waals surface area contributed by atoms with E-state index >= 15 is 0 Å². The van der Waals surface area contributed by atoms with E-state index in [1.165, 1.54) is 20.1 Å². The lowest BCUT2D eigenvalue weighted by Crippen LogP contribution is -2.19. The number of rotatable bonds is 4. The van der Waals surface area contributed by atoms with Crippen molar-refractivity contribution in [3.05, 3.63) is 0 Å². The molecule has 16 heavy (non-hydrogen) atoms. The molecule has 0 rings (SSSR count). The summed E-state index contributed by atoms with van der Waals surface area (Å²) < 4.78 is 13.0. The van der Waals surface area contributed by atoms with E-state index in [9.17, 15) is 9.59 Å². The first-order chi connectivity index (χ1) is 7.47.